The number of nitrogens with one attached hydrogen (secondary N) is 2. The van der Waals surface area contributed by atoms with Crippen molar-refractivity contribution in [3.8, 4) is 0 Å². The number of hydrogen-bond donors (Lipinski definition) is 2. The minimum atomic E-state index is 0.212. The molecule has 2 unspecified atom stereocenters. The van der Waals surface area contributed by atoms with E-state index in [0.29, 0.717) is 11.3 Å². The average Bonchev–Trinajstić information content (AvgIpc) is 2.69. The van der Waals surface area contributed by atoms with Crippen LogP contribution in [0.15, 0.2) is 83.4 Å². The van der Waals surface area contributed by atoms with Gasteiger partial charge in [-0.15, -0.1) is 0 Å². The van der Waals surface area contributed by atoms with Crippen molar-refractivity contribution in [3.63, 3.8) is 0 Å². The van der Waals surface area contributed by atoms with Gasteiger partial charge in [-0.05, 0) is 91.7 Å². The second kappa shape index (κ2) is 11.1. The van der Waals surface area contributed by atoms with Gasteiger partial charge in [0, 0.05) is 17.1 Å². The first-order valence-corrected chi connectivity index (χ1v) is 12.2. The molecule has 0 aromatic carbocycles. The fourth-order valence-electron chi connectivity index (χ4n) is 4.02. The van der Waals surface area contributed by atoms with Gasteiger partial charge in [-0.25, -0.2) is 0 Å². The Morgan fingerprint density at radius 2 is 1.97 bits per heavy atom. The first kappa shape index (κ1) is 26.0. The lowest BCUT2D eigenvalue weighted by Gasteiger charge is -2.33. The molecule has 2 N–H and O–H groups in total. The van der Waals surface area contributed by atoms with Gasteiger partial charge in [0.15, 0.2) is 0 Å². The molecule has 2 heteroatoms. The van der Waals surface area contributed by atoms with Crippen molar-refractivity contribution in [3.05, 3.63) is 83.4 Å². The van der Waals surface area contributed by atoms with Crippen LogP contribution in [-0.4, -0.2) is 6.04 Å². The zero-order valence-corrected chi connectivity index (χ0v) is 21.8. The highest BCUT2D eigenvalue weighted by atomic mass is 14.9. The van der Waals surface area contributed by atoms with Crippen LogP contribution in [-0.2, 0) is 0 Å². The maximum Gasteiger partial charge on any atom is 0.0501 e. The summed E-state index contributed by atoms with van der Waals surface area (Å²) in [7, 11) is 0. The molecule has 0 amide bonds. The average molecular weight is 435 g/mol. The van der Waals surface area contributed by atoms with Crippen LogP contribution >= 0.6 is 0 Å². The molecular formula is C30H46N2. The predicted molar refractivity (Wildman–Crippen MR) is 142 cm³/mol. The molecule has 0 heterocycles. The Balaban J connectivity index is 2.14. The molecule has 0 spiro atoms. The Hall–Kier alpha value is -2.22. The summed E-state index contributed by atoms with van der Waals surface area (Å²) in [5.74, 6) is 0.638. The van der Waals surface area contributed by atoms with Gasteiger partial charge < -0.3 is 10.6 Å². The molecule has 2 aliphatic carbocycles. The highest BCUT2D eigenvalue weighted by Gasteiger charge is 2.27. The summed E-state index contributed by atoms with van der Waals surface area (Å²) in [5.41, 5.74) is 6.43. The molecule has 2 nitrogen and oxygen atoms in total. The fourth-order valence-corrected chi connectivity index (χ4v) is 4.02. The topological polar surface area (TPSA) is 24.1 Å². The Kier molecular flexibility index (Phi) is 9.01. The van der Waals surface area contributed by atoms with Crippen molar-refractivity contribution in [2.45, 2.75) is 87.1 Å². The highest BCUT2D eigenvalue weighted by Crippen LogP contribution is 2.40. The van der Waals surface area contributed by atoms with E-state index in [4.69, 9.17) is 0 Å². The third kappa shape index (κ3) is 8.37. The van der Waals surface area contributed by atoms with E-state index in [1.54, 1.807) is 0 Å². The molecule has 0 aliphatic heterocycles. The zero-order chi connectivity index (χ0) is 23.9. The van der Waals surface area contributed by atoms with Gasteiger partial charge in [0.1, 0.15) is 0 Å². The Bertz CT molecular complexity index is 850. The smallest absolute Gasteiger partial charge is 0.0501 e. The van der Waals surface area contributed by atoms with Crippen LogP contribution < -0.4 is 10.6 Å². The van der Waals surface area contributed by atoms with Crippen molar-refractivity contribution in [1.82, 2.24) is 10.6 Å². The van der Waals surface area contributed by atoms with Gasteiger partial charge in [0.2, 0.25) is 0 Å². The quantitative estimate of drug-likeness (QED) is 0.377. The maximum absolute atomic E-state index is 4.26. The van der Waals surface area contributed by atoms with Gasteiger partial charge in [0.05, 0.1) is 6.04 Å². The number of allylic oxidation sites excluding steroid dienone is 8. The summed E-state index contributed by atoms with van der Waals surface area (Å²) in [6.07, 6.45) is 22.6. The number of hydrogen-bond acceptors (Lipinski definition) is 2. The van der Waals surface area contributed by atoms with Crippen molar-refractivity contribution in [2.75, 3.05) is 0 Å². The van der Waals surface area contributed by atoms with Gasteiger partial charge >= 0.3 is 0 Å². The van der Waals surface area contributed by atoms with Gasteiger partial charge in [-0.1, -0.05) is 72.4 Å². The van der Waals surface area contributed by atoms with Crippen LogP contribution in [0.5, 0.6) is 0 Å². The molecule has 0 aromatic heterocycles. The summed E-state index contributed by atoms with van der Waals surface area (Å²) in [6.45, 7) is 22.3. The summed E-state index contributed by atoms with van der Waals surface area (Å²) >= 11 is 0. The molecule has 0 aromatic rings. The molecule has 0 saturated carbocycles. The monoisotopic (exact) mass is 434 g/mol. The molecule has 2 atom stereocenters. The highest BCUT2D eigenvalue weighted by molar-refractivity contribution is 5.39. The van der Waals surface area contributed by atoms with E-state index in [-0.39, 0.29) is 11.5 Å². The fraction of sp³-hybridized carbons (Fsp3) is 0.533. The lowest BCUT2D eigenvalue weighted by Crippen LogP contribution is -2.30. The van der Waals surface area contributed by atoms with Crippen molar-refractivity contribution < 1.29 is 0 Å². The van der Waals surface area contributed by atoms with E-state index >= 15 is 0 Å². The standard InChI is InChI=1S/C30H46N2/c1-10-25(15-12-17-29(5,6)7)31-26-13-11-14-27(21-26)32-28(22(2)3)20-24-19-23(4)16-18-30(24,8)9/h10-13,15,19-21,23,27,31-32H,2,14,16-18H2,1,3-9H3/b15-12-,25-10+,28-20+. The van der Waals surface area contributed by atoms with Crippen LogP contribution in [0, 0.1) is 16.7 Å². The second-order valence-corrected chi connectivity index (χ2v) is 11.4. The van der Waals surface area contributed by atoms with E-state index in [1.165, 1.54) is 18.4 Å². The van der Waals surface area contributed by atoms with Crippen molar-refractivity contribution in [1.29, 1.82) is 0 Å². The normalized spacial score (nSPS) is 24.2. The lowest BCUT2D eigenvalue weighted by molar-refractivity contribution is 0.351. The Morgan fingerprint density at radius 1 is 1.25 bits per heavy atom. The minimum absolute atomic E-state index is 0.212. The van der Waals surface area contributed by atoms with Crippen LogP contribution in [0.25, 0.3) is 0 Å². The summed E-state index contributed by atoms with van der Waals surface area (Å²) in [5, 5.41) is 7.34. The first-order valence-electron chi connectivity index (χ1n) is 12.2. The zero-order valence-electron chi connectivity index (χ0n) is 21.8. The van der Waals surface area contributed by atoms with E-state index < -0.39 is 0 Å². The van der Waals surface area contributed by atoms with Gasteiger partial charge in [0.25, 0.3) is 0 Å². The summed E-state index contributed by atoms with van der Waals surface area (Å²) in [4.78, 5) is 0. The third-order valence-electron chi connectivity index (χ3n) is 6.27. The maximum atomic E-state index is 4.26. The van der Waals surface area contributed by atoms with Crippen molar-refractivity contribution >= 4 is 0 Å². The molecule has 0 fully saturated rings. The molecule has 32 heavy (non-hydrogen) atoms. The second-order valence-electron chi connectivity index (χ2n) is 11.4. The molecule has 2 aliphatic rings. The van der Waals surface area contributed by atoms with Crippen LogP contribution in [0.2, 0.25) is 0 Å². The Morgan fingerprint density at radius 3 is 2.59 bits per heavy atom. The predicted octanol–water partition coefficient (Wildman–Crippen LogP) is 8.12. The van der Waals surface area contributed by atoms with E-state index in [9.17, 15) is 0 Å². The van der Waals surface area contributed by atoms with Crippen LogP contribution in [0.4, 0.5) is 0 Å². The van der Waals surface area contributed by atoms with Gasteiger partial charge in [-0.2, -0.15) is 0 Å². The lowest BCUT2D eigenvalue weighted by atomic mass is 9.72. The van der Waals surface area contributed by atoms with E-state index in [0.717, 1.165) is 35.5 Å². The summed E-state index contributed by atoms with van der Waals surface area (Å²) < 4.78 is 0. The molecule has 2 rings (SSSR count). The van der Waals surface area contributed by atoms with Gasteiger partial charge in [-0.3, -0.25) is 0 Å². The summed E-state index contributed by atoms with van der Waals surface area (Å²) in [6, 6.07) is 0.242. The van der Waals surface area contributed by atoms with E-state index in [1.807, 2.05) is 0 Å². The van der Waals surface area contributed by atoms with E-state index in [2.05, 4.69) is 121 Å². The molecule has 0 bridgehead atoms. The molecule has 176 valence electrons. The van der Waals surface area contributed by atoms with Crippen LogP contribution in [0.3, 0.4) is 0 Å². The molecule has 0 radical (unpaired) electrons. The van der Waals surface area contributed by atoms with Crippen molar-refractivity contribution in [2.24, 2.45) is 16.7 Å². The number of rotatable bonds is 8. The third-order valence-corrected chi connectivity index (χ3v) is 6.27. The first-order chi connectivity index (χ1) is 14.9. The Labute approximate surface area is 198 Å². The molecular weight excluding hydrogens is 388 g/mol. The largest absolute Gasteiger partial charge is 0.378 e. The van der Waals surface area contributed by atoms with Crippen LogP contribution in [0.1, 0.15) is 81.1 Å². The SMILES string of the molecule is C=C(C)/C(=C\C1=CC(C)CCC1(C)C)NC1C=C(NC(/C=C\CC(C)(C)C)=C/C)C=CC1. The molecule has 0 saturated heterocycles. The minimum Gasteiger partial charge on any atom is -0.378 e.